The molecule has 1 saturated heterocycles. The number of nitrogens with zero attached hydrogens (tertiary/aromatic N) is 5. The van der Waals surface area contributed by atoms with Crippen LogP contribution in [0.15, 0.2) is 55.0 Å². The summed E-state index contributed by atoms with van der Waals surface area (Å²) in [5.41, 5.74) is 1.99. The first-order valence-electron chi connectivity index (χ1n) is 10.2. The van der Waals surface area contributed by atoms with Gasteiger partial charge < -0.3 is 14.8 Å². The van der Waals surface area contributed by atoms with Gasteiger partial charge in [0.05, 0.1) is 5.69 Å². The smallest absolute Gasteiger partial charge is 0.151 e. The van der Waals surface area contributed by atoms with Crippen LogP contribution in [0, 0.1) is 0 Å². The van der Waals surface area contributed by atoms with E-state index in [4.69, 9.17) is 0 Å². The van der Waals surface area contributed by atoms with Crippen molar-refractivity contribution < 1.29 is 0 Å². The summed E-state index contributed by atoms with van der Waals surface area (Å²) in [6.07, 6.45) is 7.95. The number of rotatable bonds is 4. The molecule has 1 aliphatic heterocycles. The van der Waals surface area contributed by atoms with Crippen molar-refractivity contribution in [2.24, 2.45) is 0 Å². The average molecular weight is 391 g/mol. The maximum absolute atomic E-state index is 4.54. The zero-order valence-electron chi connectivity index (χ0n) is 17.9. The largest absolute Gasteiger partial charge is 0.355 e. The fraction of sp³-hybridized carbons (Fsp3) is 0.435. The van der Waals surface area contributed by atoms with Crippen LogP contribution in [0.1, 0.15) is 40.5 Å². The summed E-state index contributed by atoms with van der Waals surface area (Å²) in [6, 6.07) is 12.5. The fourth-order valence-electron chi connectivity index (χ4n) is 4.57. The lowest BCUT2D eigenvalue weighted by molar-refractivity contribution is 0.160. The molecule has 152 valence electrons. The Bertz CT molecular complexity index is 926. The molecule has 3 aromatic rings. The Morgan fingerprint density at radius 3 is 2.21 bits per heavy atom. The van der Waals surface area contributed by atoms with Gasteiger partial charge >= 0.3 is 0 Å². The number of hydrogen-bond donors (Lipinski definition) is 1. The summed E-state index contributed by atoms with van der Waals surface area (Å²) in [4.78, 5) is 6.81. The average Bonchev–Trinajstić information content (AvgIpc) is 3.20. The maximum Gasteiger partial charge on any atom is 0.151 e. The van der Waals surface area contributed by atoms with Gasteiger partial charge in [0.1, 0.15) is 5.82 Å². The molecule has 0 spiro atoms. The van der Waals surface area contributed by atoms with Gasteiger partial charge in [-0.15, -0.1) is 10.2 Å². The van der Waals surface area contributed by atoms with Crippen molar-refractivity contribution in [1.82, 2.24) is 25.1 Å². The van der Waals surface area contributed by atoms with Crippen LogP contribution in [-0.2, 0) is 0 Å². The lowest BCUT2D eigenvalue weighted by Crippen LogP contribution is -2.62. The van der Waals surface area contributed by atoms with Gasteiger partial charge in [0, 0.05) is 48.3 Å². The molecule has 6 nitrogen and oxygen atoms in total. The number of aromatic nitrogens is 4. The first-order valence-corrected chi connectivity index (χ1v) is 10.2. The van der Waals surface area contributed by atoms with Crippen molar-refractivity contribution >= 4 is 5.82 Å². The first-order chi connectivity index (χ1) is 13.7. The second kappa shape index (κ2) is 7.26. The predicted molar refractivity (Wildman–Crippen MR) is 117 cm³/mol. The summed E-state index contributed by atoms with van der Waals surface area (Å²) >= 11 is 0. The lowest BCUT2D eigenvalue weighted by atomic mass is 9.79. The van der Waals surface area contributed by atoms with Gasteiger partial charge in [0.15, 0.2) is 5.82 Å². The highest BCUT2D eigenvalue weighted by molar-refractivity contribution is 5.59. The lowest BCUT2D eigenvalue weighted by Gasteiger charge is -2.49. The third-order valence-electron chi connectivity index (χ3n) is 5.64. The van der Waals surface area contributed by atoms with Crippen LogP contribution < -0.4 is 10.2 Å². The second-order valence-corrected chi connectivity index (χ2v) is 9.34. The van der Waals surface area contributed by atoms with Crippen LogP contribution in [0.5, 0.6) is 0 Å². The summed E-state index contributed by atoms with van der Waals surface area (Å²) in [5.74, 6) is 1.79. The number of hydrogen-bond acceptors (Lipinski definition) is 5. The van der Waals surface area contributed by atoms with Crippen LogP contribution >= 0.6 is 0 Å². The van der Waals surface area contributed by atoms with Crippen LogP contribution in [0.3, 0.4) is 0 Å². The Balaban J connectivity index is 1.50. The fourth-order valence-corrected chi connectivity index (χ4v) is 4.57. The molecule has 0 amide bonds. The van der Waals surface area contributed by atoms with Crippen molar-refractivity contribution in [1.29, 1.82) is 0 Å². The molecule has 1 N–H and O–H groups in total. The first kappa shape index (κ1) is 19.6. The van der Waals surface area contributed by atoms with Gasteiger partial charge in [-0.3, -0.25) is 0 Å². The minimum absolute atomic E-state index is 0.0984. The van der Waals surface area contributed by atoms with E-state index in [0.717, 1.165) is 35.7 Å². The molecule has 0 saturated carbocycles. The minimum Gasteiger partial charge on any atom is -0.355 e. The predicted octanol–water partition coefficient (Wildman–Crippen LogP) is 4.07. The van der Waals surface area contributed by atoms with Crippen LogP contribution in [0.2, 0.25) is 0 Å². The van der Waals surface area contributed by atoms with Gasteiger partial charge in [-0.05, 0) is 76.9 Å². The van der Waals surface area contributed by atoms with Gasteiger partial charge in [0.25, 0.3) is 0 Å². The molecule has 3 aromatic heterocycles. The molecule has 1 fully saturated rings. The monoisotopic (exact) mass is 390 g/mol. The van der Waals surface area contributed by atoms with Gasteiger partial charge in [0.2, 0.25) is 0 Å². The summed E-state index contributed by atoms with van der Waals surface area (Å²) in [7, 11) is 2.12. The normalized spacial score (nSPS) is 18.5. The Morgan fingerprint density at radius 2 is 1.66 bits per heavy atom. The Hall–Kier alpha value is -2.73. The summed E-state index contributed by atoms with van der Waals surface area (Å²) in [6.45, 7) is 9.09. The van der Waals surface area contributed by atoms with Crippen LogP contribution in [-0.4, -0.2) is 43.9 Å². The molecule has 6 heteroatoms. The molecule has 0 bridgehead atoms. The van der Waals surface area contributed by atoms with E-state index in [2.05, 4.69) is 66.2 Å². The molecule has 0 aromatic carbocycles. The van der Waals surface area contributed by atoms with Crippen molar-refractivity contribution in [2.75, 3.05) is 11.9 Å². The van der Waals surface area contributed by atoms with E-state index < -0.39 is 0 Å². The van der Waals surface area contributed by atoms with Crippen LogP contribution in [0.4, 0.5) is 5.82 Å². The highest BCUT2D eigenvalue weighted by Crippen LogP contribution is 2.32. The Kier molecular flexibility index (Phi) is 4.90. The highest BCUT2D eigenvalue weighted by atomic mass is 15.3. The highest BCUT2D eigenvalue weighted by Gasteiger charge is 2.39. The van der Waals surface area contributed by atoms with Gasteiger partial charge in [-0.25, -0.2) is 4.98 Å². The SMILES string of the molecule is CN(c1ccc(-c2ccc(-n3cccc3)nc2)nn1)C1CC(C)(C)NC(C)(C)C1. The number of piperidine rings is 1. The van der Waals surface area contributed by atoms with E-state index in [1.54, 1.807) is 0 Å². The molecule has 1 aliphatic rings. The molecule has 0 aliphatic carbocycles. The summed E-state index contributed by atoms with van der Waals surface area (Å²) in [5, 5.41) is 12.7. The molecule has 0 atom stereocenters. The van der Waals surface area contributed by atoms with Crippen molar-refractivity contribution in [3.05, 3.63) is 55.0 Å². The van der Waals surface area contributed by atoms with E-state index in [9.17, 15) is 0 Å². The number of anilines is 1. The minimum atomic E-state index is 0.0984. The third kappa shape index (κ3) is 4.32. The topological polar surface area (TPSA) is 58.9 Å². The number of pyridine rings is 1. The van der Waals surface area contributed by atoms with Gasteiger partial charge in [-0.2, -0.15) is 0 Å². The standard InChI is InChI=1S/C23H30N6/c1-22(2)14-18(15-23(3,4)27-22)28(5)21-11-9-19(25-26-21)17-8-10-20(24-16-17)29-12-6-7-13-29/h6-13,16,18,27H,14-15H2,1-5H3. The molecule has 4 heterocycles. The summed E-state index contributed by atoms with van der Waals surface area (Å²) < 4.78 is 1.98. The quantitative estimate of drug-likeness (QED) is 0.728. The number of nitrogens with one attached hydrogen (secondary N) is 1. The van der Waals surface area contributed by atoms with Crippen molar-refractivity contribution in [3.63, 3.8) is 0 Å². The molecule has 4 rings (SSSR count). The second-order valence-electron chi connectivity index (χ2n) is 9.34. The van der Waals surface area contributed by atoms with E-state index in [0.29, 0.717) is 6.04 Å². The van der Waals surface area contributed by atoms with Crippen molar-refractivity contribution in [3.8, 4) is 17.1 Å². The van der Waals surface area contributed by atoms with Crippen molar-refractivity contribution in [2.45, 2.75) is 57.7 Å². The molecule has 0 radical (unpaired) electrons. The zero-order chi connectivity index (χ0) is 20.6. The van der Waals surface area contributed by atoms with E-state index in [1.807, 2.05) is 53.5 Å². The molecular formula is C23H30N6. The van der Waals surface area contributed by atoms with Crippen LogP contribution in [0.25, 0.3) is 17.1 Å². The molecule has 29 heavy (non-hydrogen) atoms. The Morgan fingerprint density at radius 1 is 0.966 bits per heavy atom. The molecular weight excluding hydrogens is 360 g/mol. The molecule has 0 unspecified atom stereocenters. The maximum atomic E-state index is 4.54. The Labute approximate surface area is 173 Å². The van der Waals surface area contributed by atoms with E-state index in [1.165, 1.54) is 0 Å². The zero-order valence-corrected chi connectivity index (χ0v) is 17.9. The van der Waals surface area contributed by atoms with E-state index in [-0.39, 0.29) is 11.1 Å². The third-order valence-corrected chi connectivity index (χ3v) is 5.64. The van der Waals surface area contributed by atoms with Gasteiger partial charge in [-0.1, -0.05) is 0 Å². The van der Waals surface area contributed by atoms with E-state index >= 15 is 0 Å².